The number of piperazine rings is 1. The number of carbonyl (C=O) groups excluding carboxylic acids is 1. The van der Waals surface area contributed by atoms with Gasteiger partial charge < -0.3 is 19.1 Å². The predicted molar refractivity (Wildman–Crippen MR) is 144 cm³/mol. The van der Waals surface area contributed by atoms with Gasteiger partial charge in [-0.15, -0.1) is 10.2 Å². The summed E-state index contributed by atoms with van der Waals surface area (Å²) in [6.45, 7) is 4.35. The van der Waals surface area contributed by atoms with Crippen molar-refractivity contribution in [2.45, 2.75) is 13.0 Å². The highest BCUT2D eigenvalue weighted by atomic mass is 16.4. The summed E-state index contributed by atoms with van der Waals surface area (Å²) < 4.78 is 11.8. The van der Waals surface area contributed by atoms with Crippen LogP contribution in [-0.2, 0) is 0 Å². The summed E-state index contributed by atoms with van der Waals surface area (Å²) in [7, 11) is 1.87. The van der Waals surface area contributed by atoms with E-state index in [1.54, 1.807) is 6.92 Å². The lowest BCUT2D eigenvalue weighted by molar-refractivity contribution is 0.0578. The van der Waals surface area contributed by atoms with E-state index in [0.717, 1.165) is 22.3 Å². The van der Waals surface area contributed by atoms with E-state index in [1.165, 1.54) is 0 Å². The molecule has 0 spiro atoms. The normalized spacial score (nSPS) is 15.1. The Morgan fingerprint density at radius 2 is 1.74 bits per heavy atom. The molecule has 1 unspecified atom stereocenters. The number of aromatic nitrogens is 3. The molecule has 6 rings (SSSR count). The molecule has 1 saturated heterocycles. The van der Waals surface area contributed by atoms with Crippen LogP contribution in [0.3, 0.4) is 0 Å². The minimum Gasteiger partial charge on any atom is -0.436 e. The minimum absolute atomic E-state index is 0.00928. The number of anilines is 1. The number of nitrogens with zero attached hydrogens (tertiary/aromatic N) is 5. The monoisotopic (exact) mass is 508 g/mol. The van der Waals surface area contributed by atoms with Crippen molar-refractivity contribution in [3.05, 3.63) is 95.7 Å². The summed E-state index contributed by atoms with van der Waals surface area (Å²) in [6.07, 6.45) is 0. The average molecular weight is 509 g/mol. The Hall–Kier alpha value is -4.50. The van der Waals surface area contributed by atoms with Crippen molar-refractivity contribution < 1.29 is 13.6 Å². The van der Waals surface area contributed by atoms with Crippen molar-refractivity contribution in [3.8, 4) is 11.5 Å². The molecule has 38 heavy (non-hydrogen) atoms. The summed E-state index contributed by atoms with van der Waals surface area (Å²) in [5, 5.41) is 11.5. The quantitative estimate of drug-likeness (QED) is 0.350. The standard InChI is InChI=1S/C29H28N6O3/c1-19-32-33-28(37-19)26(20-7-4-3-5-8-20)34-13-15-35(16-14-34)29(36)22-10-6-9-21(17-22)27-31-24-18-23(30-2)11-12-25(24)38-27/h3-12,17-18,26,30H,13-16H2,1-2H3. The summed E-state index contributed by atoms with van der Waals surface area (Å²) in [5.74, 6) is 1.59. The van der Waals surface area contributed by atoms with Crippen molar-refractivity contribution in [1.29, 1.82) is 0 Å². The molecule has 3 aromatic carbocycles. The summed E-state index contributed by atoms with van der Waals surface area (Å²) in [4.78, 5) is 22.3. The zero-order chi connectivity index (χ0) is 26.1. The second-order valence-electron chi connectivity index (χ2n) is 9.33. The molecule has 9 nitrogen and oxygen atoms in total. The van der Waals surface area contributed by atoms with E-state index in [2.05, 4.69) is 37.5 Å². The maximum atomic E-state index is 13.5. The van der Waals surface area contributed by atoms with Gasteiger partial charge in [-0.3, -0.25) is 9.69 Å². The molecule has 1 aliphatic rings. The average Bonchev–Trinajstić information content (AvgIpc) is 3.59. The van der Waals surface area contributed by atoms with Gasteiger partial charge in [-0.2, -0.15) is 0 Å². The number of nitrogens with one attached hydrogen (secondary N) is 1. The molecule has 1 aliphatic heterocycles. The Morgan fingerprint density at radius 3 is 2.47 bits per heavy atom. The van der Waals surface area contributed by atoms with Gasteiger partial charge in [0, 0.05) is 57.0 Å². The zero-order valence-electron chi connectivity index (χ0n) is 21.3. The lowest BCUT2D eigenvalue weighted by atomic mass is 10.0. The molecular formula is C29H28N6O3. The molecule has 3 heterocycles. The van der Waals surface area contributed by atoms with Gasteiger partial charge in [-0.25, -0.2) is 4.98 Å². The first-order chi connectivity index (χ1) is 18.6. The SMILES string of the molecule is CNc1ccc2oc(-c3cccc(C(=O)N4CCN(C(c5ccccc5)c5nnc(C)o5)CC4)c3)nc2c1. The van der Waals surface area contributed by atoms with Crippen LogP contribution in [0, 0.1) is 6.92 Å². The lowest BCUT2D eigenvalue weighted by Crippen LogP contribution is -2.50. The third kappa shape index (κ3) is 4.64. The topological polar surface area (TPSA) is 101 Å². The van der Waals surface area contributed by atoms with E-state index in [9.17, 15) is 4.79 Å². The minimum atomic E-state index is -0.152. The number of hydrogen-bond donors (Lipinski definition) is 1. The van der Waals surface area contributed by atoms with E-state index in [-0.39, 0.29) is 11.9 Å². The van der Waals surface area contributed by atoms with Crippen LogP contribution in [0.5, 0.6) is 0 Å². The summed E-state index contributed by atoms with van der Waals surface area (Å²) >= 11 is 0. The Kier molecular flexibility index (Phi) is 6.35. The van der Waals surface area contributed by atoms with Crippen LogP contribution >= 0.6 is 0 Å². The van der Waals surface area contributed by atoms with Crippen molar-refractivity contribution in [3.63, 3.8) is 0 Å². The summed E-state index contributed by atoms with van der Waals surface area (Å²) in [6, 6.07) is 23.2. The largest absolute Gasteiger partial charge is 0.436 e. The highest BCUT2D eigenvalue weighted by Gasteiger charge is 2.31. The van der Waals surface area contributed by atoms with Gasteiger partial charge in [0.15, 0.2) is 5.58 Å². The van der Waals surface area contributed by atoms with Gasteiger partial charge in [0.1, 0.15) is 11.6 Å². The Morgan fingerprint density at radius 1 is 0.921 bits per heavy atom. The number of carbonyl (C=O) groups is 1. The molecule has 0 aliphatic carbocycles. The highest BCUT2D eigenvalue weighted by molar-refractivity contribution is 5.95. The molecule has 0 radical (unpaired) electrons. The van der Waals surface area contributed by atoms with Gasteiger partial charge in [-0.05, 0) is 42.0 Å². The fraction of sp³-hybridized carbons (Fsp3) is 0.241. The highest BCUT2D eigenvalue weighted by Crippen LogP contribution is 2.30. The molecule has 192 valence electrons. The van der Waals surface area contributed by atoms with Crippen molar-refractivity contribution in [1.82, 2.24) is 25.0 Å². The Labute approximate surface area is 220 Å². The van der Waals surface area contributed by atoms with Crippen molar-refractivity contribution in [2.24, 2.45) is 0 Å². The predicted octanol–water partition coefficient (Wildman–Crippen LogP) is 4.78. The zero-order valence-corrected chi connectivity index (χ0v) is 21.3. The third-order valence-corrected chi connectivity index (χ3v) is 6.89. The Balaban J connectivity index is 1.19. The van der Waals surface area contributed by atoms with Gasteiger partial charge in [0.2, 0.25) is 17.7 Å². The molecule has 1 fully saturated rings. The number of fused-ring (bicyclic) bond motifs is 1. The second kappa shape index (κ2) is 10.1. The maximum Gasteiger partial charge on any atom is 0.253 e. The first kappa shape index (κ1) is 23.9. The number of hydrogen-bond acceptors (Lipinski definition) is 8. The van der Waals surface area contributed by atoms with Crippen LogP contribution in [0.4, 0.5) is 5.69 Å². The van der Waals surface area contributed by atoms with Gasteiger partial charge in [0.05, 0.1) is 0 Å². The van der Waals surface area contributed by atoms with Crippen molar-refractivity contribution in [2.75, 3.05) is 38.5 Å². The number of rotatable bonds is 6. The molecule has 0 saturated carbocycles. The van der Waals surface area contributed by atoms with Gasteiger partial charge in [-0.1, -0.05) is 36.4 Å². The van der Waals surface area contributed by atoms with E-state index in [4.69, 9.17) is 8.83 Å². The second-order valence-corrected chi connectivity index (χ2v) is 9.33. The maximum absolute atomic E-state index is 13.5. The lowest BCUT2D eigenvalue weighted by Gasteiger charge is -2.38. The molecule has 1 amide bonds. The van der Waals surface area contributed by atoms with Crippen LogP contribution in [0.2, 0.25) is 0 Å². The Bertz CT molecular complexity index is 1570. The fourth-order valence-electron chi connectivity index (χ4n) is 4.92. The molecule has 0 bridgehead atoms. The van der Waals surface area contributed by atoms with Gasteiger partial charge >= 0.3 is 0 Å². The van der Waals surface area contributed by atoms with E-state index in [0.29, 0.717) is 55.0 Å². The molecule has 9 heteroatoms. The third-order valence-electron chi connectivity index (χ3n) is 6.89. The number of benzene rings is 3. The molecule has 2 aromatic heterocycles. The molecule has 5 aromatic rings. The van der Waals surface area contributed by atoms with E-state index < -0.39 is 0 Å². The molecule has 1 atom stereocenters. The fourth-order valence-corrected chi connectivity index (χ4v) is 4.92. The van der Waals surface area contributed by atoms with Gasteiger partial charge in [0.25, 0.3) is 5.91 Å². The van der Waals surface area contributed by atoms with Crippen LogP contribution in [0.15, 0.2) is 81.6 Å². The summed E-state index contributed by atoms with van der Waals surface area (Å²) in [5.41, 5.74) is 4.90. The van der Waals surface area contributed by atoms with E-state index >= 15 is 0 Å². The first-order valence-corrected chi connectivity index (χ1v) is 12.7. The molecule has 1 N–H and O–H groups in total. The molecular weight excluding hydrogens is 480 g/mol. The number of oxazole rings is 1. The number of aryl methyl sites for hydroxylation is 1. The van der Waals surface area contributed by atoms with Crippen molar-refractivity contribution >= 4 is 22.7 Å². The first-order valence-electron chi connectivity index (χ1n) is 12.7. The van der Waals surface area contributed by atoms with Crippen LogP contribution < -0.4 is 5.32 Å². The smallest absolute Gasteiger partial charge is 0.253 e. The van der Waals surface area contributed by atoms with Crippen LogP contribution in [0.25, 0.3) is 22.6 Å². The number of amides is 1. The van der Waals surface area contributed by atoms with Crippen LogP contribution in [0.1, 0.15) is 33.7 Å². The van der Waals surface area contributed by atoms with Crippen LogP contribution in [-0.4, -0.2) is 64.1 Å². The van der Waals surface area contributed by atoms with E-state index in [1.807, 2.05) is 72.6 Å².